The summed E-state index contributed by atoms with van der Waals surface area (Å²) in [7, 11) is 0. The molecule has 3 unspecified atom stereocenters. The molecule has 0 aliphatic carbocycles. The van der Waals surface area contributed by atoms with Crippen LogP contribution in [0.3, 0.4) is 0 Å². The molecule has 1 heterocycles. The molecule has 41 heavy (non-hydrogen) atoms. The van der Waals surface area contributed by atoms with Gasteiger partial charge < -0.3 is 24.4 Å². The summed E-state index contributed by atoms with van der Waals surface area (Å²) in [4.78, 5) is 15.0. The van der Waals surface area contributed by atoms with Gasteiger partial charge in [0, 0.05) is 24.9 Å². The van der Waals surface area contributed by atoms with E-state index >= 15 is 0 Å². The van der Waals surface area contributed by atoms with E-state index in [4.69, 9.17) is 4.74 Å². The Hall–Kier alpha value is -2.57. The van der Waals surface area contributed by atoms with Gasteiger partial charge in [0.25, 0.3) is 5.91 Å². The number of nitrogens with zero attached hydrogens (tertiary/aromatic N) is 1. The molecule has 0 saturated carbocycles. The second-order valence-corrected chi connectivity index (χ2v) is 12.0. The van der Waals surface area contributed by atoms with Crippen molar-refractivity contribution in [3.63, 3.8) is 0 Å². The minimum atomic E-state index is -5.66. The van der Waals surface area contributed by atoms with E-state index in [0.29, 0.717) is 24.8 Å². The predicted molar refractivity (Wildman–Crippen MR) is 145 cm³/mol. The first-order valence-electron chi connectivity index (χ1n) is 13.7. The first-order chi connectivity index (χ1) is 19.3. The van der Waals surface area contributed by atoms with Crippen molar-refractivity contribution in [2.45, 2.75) is 88.4 Å². The summed E-state index contributed by atoms with van der Waals surface area (Å²) < 4.78 is 83.5. The number of phenols is 2. The molecule has 2 aromatic carbocycles. The number of rotatable bonds is 14. The number of amides is 1. The first kappa shape index (κ1) is 32.9. The molecule has 0 spiro atoms. The van der Waals surface area contributed by atoms with Crippen LogP contribution in [0.15, 0.2) is 42.5 Å². The van der Waals surface area contributed by atoms with Crippen LogP contribution >= 0.6 is 0 Å². The van der Waals surface area contributed by atoms with E-state index in [1.54, 1.807) is 17.0 Å². The fourth-order valence-electron chi connectivity index (χ4n) is 4.75. The standard InChI is InChI=1S/C29H36F5NO5S/c1-2-3-4-5-7-26(41(39)15-6-14-28(30,31)29(32,33)34)40-19-23-16-21-10-13-25(37)17-22(21)18-35(23)27(38)20-8-11-24(36)12-9-20/h8-13,17,23,26,36-37H,2-7,14-16,18-19H2,1H3. The van der Waals surface area contributed by atoms with Crippen LogP contribution in [0, 0.1) is 0 Å². The van der Waals surface area contributed by atoms with Gasteiger partial charge in [-0.15, -0.1) is 0 Å². The zero-order valence-electron chi connectivity index (χ0n) is 22.8. The molecule has 1 aliphatic heterocycles. The average Bonchev–Trinajstić information content (AvgIpc) is 2.91. The number of alkyl halides is 5. The van der Waals surface area contributed by atoms with Gasteiger partial charge in [-0.1, -0.05) is 32.3 Å². The minimum absolute atomic E-state index is 0.00302. The number of hydrogen-bond donors (Lipinski definition) is 2. The van der Waals surface area contributed by atoms with Crippen molar-refractivity contribution >= 4 is 17.1 Å². The summed E-state index contributed by atoms with van der Waals surface area (Å²) in [5.41, 5.74) is 1.07. The quantitative estimate of drug-likeness (QED) is 0.142. The molecule has 0 radical (unpaired) electrons. The maximum absolute atomic E-state index is 13.5. The van der Waals surface area contributed by atoms with E-state index in [0.717, 1.165) is 30.4 Å². The fourth-order valence-corrected chi connectivity index (χ4v) is 6.10. The average molecular weight is 606 g/mol. The molecule has 1 aliphatic rings. The number of unbranched alkanes of at least 4 members (excludes halogenated alkanes) is 3. The van der Waals surface area contributed by atoms with Crippen LogP contribution in [0.2, 0.25) is 0 Å². The van der Waals surface area contributed by atoms with E-state index in [1.807, 2.05) is 6.92 Å². The number of fused-ring (bicyclic) bond motifs is 1. The smallest absolute Gasteiger partial charge is 0.453 e. The Bertz CT molecular complexity index is 1130. The van der Waals surface area contributed by atoms with Crippen LogP contribution in [0.1, 0.15) is 73.4 Å². The number of hydrogen-bond acceptors (Lipinski definition) is 5. The third-order valence-corrected chi connectivity index (χ3v) is 8.76. The number of ether oxygens (including phenoxy) is 1. The Kier molecular flexibility index (Phi) is 11.7. The Balaban J connectivity index is 1.74. The lowest BCUT2D eigenvalue weighted by atomic mass is 9.93. The normalized spacial score (nSPS) is 17.2. The molecule has 0 saturated heterocycles. The van der Waals surface area contributed by atoms with Gasteiger partial charge in [-0.05, 0) is 78.0 Å². The lowest BCUT2D eigenvalue weighted by molar-refractivity contribution is -0.284. The summed E-state index contributed by atoms with van der Waals surface area (Å²) in [6, 6.07) is 10.1. The molecule has 0 aromatic heterocycles. The second-order valence-electron chi connectivity index (χ2n) is 10.3. The highest BCUT2D eigenvalue weighted by Crippen LogP contribution is 2.39. The molecule has 228 valence electrons. The van der Waals surface area contributed by atoms with Crippen molar-refractivity contribution in [1.29, 1.82) is 0 Å². The van der Waals surface area contributed by atoms with Crippen molar-refractivity contribution in [2.24, 2.45) is 0 Å². The maximum atomic E-state index is 13.5. The van der Waals surface area contributed by atoms with Gasteiger partial charge in [-0.3, -0.25) is 4.79 Å². The maximum Gasteiger partial charge on any atom is 0.453 e. The Morgan fingerprint density at radius 3 is 2.37 bits per heavy atom. The van der Waals surface area contributed by atoms with Crippen molar-refractivity contribution < 1.29 is 46.2 Å². The van der Waals surface area contributed by atoms with Crippen molar-refractivity contribution in [2.75, 3.05) is 12.4 Å². The van der Waals surface area contributed by atoms with Crippen LogP contribution in [-0.4, -0.2) is 61.5 Å². The van der Waals surface area contributed by atoms with Gasteiger partial charge in [-0.2, -0.15) is 22.0 Å². The van der Waals surface area contributed by atoms with Crippen molar-refractivity contribution in [3.05, 3.63) is 59.2 Å². The number of aromatic hydroxyl groups is 2. The lowest BCUT2D eigenvalue weighted by Gasteiger charge is -2.37. The van der Waals surface area contributed by atoms with Gasteiger partial charge in [0.15, 0.2) is 0 Å². The minimum Gasteiger partial charge on any atom is -0.614 e. The largest absolute Gasteiger partial charge is 0.614 e. The van der Waals surface area contributed by atoms with E-state index in [-0.39, 0.29) is 36.3 Å². The molecule has 12 heteroatoms. The van der Waals surface area contributed by atoms with Crippen LogP contribution in [0.4, 0.5) is 22.0 Å². The number of phenolic OH excluding ortho intramolecular Hbond substituents is 2. The van der Waals surface area contributed by atoms with E-state index < -0.39 is 47.6 Å². The van der Waals surface area contributed by atoms with Gasteiger partial charge >= 0.3 is 12.1 Å². The van der Waals surface area contributed by atoms with Gasteiger partial charge in [0.05, 0.1) is 12.6 Å². The lowest BCUT2D eigenvalue weighted by Crippen LogP contribution is -2.47. The summed E-state index contributed by atoms with van der Waals surface area (Å²) in [6.07, 6.45) is -3.64. The highest BCUT2D eigenvalue weighted by atomic mass is 32.2. The van der Waals surface area contributed by atoms with Crippen LogP contribution < -0.4 is 0 Å². The molecule has 2 aromatic rings. The molecule has 0 fully saturated rings. The Labute approximate surface area is 239 Å². The molecular formula is C29H36F5NO5S. The SMILES string of the molecule is CCCCCCC(OCC1Cc2ccc(O)cc2CN1C(=O)c1ccc(O)cc1)[S+]([O-])CCCC(F)(F)C(F)(F)F. The van der Waals surface area contributed by atoms with E-state index in [2.05, 4.69) is 0 Å². The highest BCUT2D eigenvalue weighted by Gasteiger charge is 2.56. The van der Waals surface area contributed by atoms with E-state index in [1.165, 1.54) is 30.3 Å². The molecule has 0 bridgehead atoms. The Morgan fingerprint density at radius 2 is 1.71 bits per heavy atom. The summed E-state index contributed by atoms with van der Waals surface area (Å²) >= 11 is -1.83. The summed E-state index contributed by atoms with van der Waals surface area (Å²) in [5, 5.41) is 19.6. The topological polar surface area (TPSA) is 93.1 Å². The molecule has 2 N–H and O–H groups in total. The Morgan fingerprint density at radius 1 is 1.02 bits per heavy atom. The number of benzene rings is 2. The van der Waals surface area contributed by atoms with Crippen molar-refractivity contribution in [1.82, 2.24) is 4.90 Å². The third kappa shape index (κ3) is 9.21. The highest BCUT2D eigenvalue weighted by molar-refractivity contribution is 7.91. The summed E-state index contributed by atoms with van der Waals surface area (Å²) in [6.45, 7) is 2.15. The molecule has 3 rings (SSSR count). The van der Waals surface area contributed by atoms with Crippen LogP contribution in [0.25, 0.3) is 0 Å². The van der Waals surface area contributed by atoms with Crippen LogP contribution in [-0.2, 0) is 28.9 Å². The zero-order chi connectivity index (χ0) is 30.2. The van der Waals surface area contributed by atoms with Gasteiger partial charge in [0.1, 0.15) is 17.3 Å². The van der Waals surface area contributed by atoms with E-state index in [9.17, 15) is 41.5 Å². The molecule has 6 nitrogen and oxygen atoms in total. The van der Waals surface area contributed by atoms with Gasteiger partial charge in [-0.25, -0.2) is 0 Å². The second kappa shape index (κ2) is 14.6. The monoisotopic (exact) mass is 605 g/mol. The van der Waals surface area contributed by atoms with Crippen molar-refractivity contribution in [3.8, 4) is 11.5 Å². The number of halogens is 5. The zero-order valence-corrected chi connectivity index (χ0v) is 23.7. The third-order valence-electron chi connectivity index (χ3n) is 7.11. The fraction of sp³-hybridized carbons (Fsp3) is 0.552. The molecule has 1 amide bonds. The molecule has 3 atom stereocenters. The van der Waals surface area contributed by atoms with Gasteiger partial charge in [0.2, 0.25) is 5.44 Å². The first-order valence-corrected chi connectivity index (χ1v) is 15.0. The van der Waals surface area contributed by atoms with Crippen LogP contribution in [0.5, 0.6) is 11.5 Å². The predicted octanol–water partition coefficient (Wildman–Crippen LogP) is 6.70. The molecular weight excluding hydrogens is 569 g/mol. The number of carbonyl (C=O) groups is 1. The summed E-state index contributed by atoms with van der Waals surface area (Å²) in [5.74, 6) is -5.52. The number of carbonyl (C=O) groups excluding carboxylic acids is 1.